The molecule has 1 saturated carbocycles. The van der Waals surface area contributed by atoms with Crippen molar-refractivity contribution in [2.24, 2.45) is 0 Å². The highest BCUT2D eigenvalue weighted by Gasteiger charge is 2.31. The van der Waals surface area contributed by atoms with Gasteiger partial charge in [0.05, 0.1) is 5.60 Å². The van der Waals surface area contributed by atoms with Gasteiger partial charge in [-0.3, -0.25) is 4.79 Å². The first-order valence-electron chi connectivity index (χ1n) is 7.40. The molecule has 1 unspecified atom stereocenters. The normalized spacial score (nSPS) is 24.6. The van der Waals surface area contributed by atoms with Crippen molar-refractivity contribution in [3.8, 4) is 0 Å². The van der Waals surface area contributed by atoms with Gasteiger partial charge in [-0.15, -0.1) is 0 Å². The molecule has 2 fully saturated rings. The maximum Gasteiger partial charge on any atom is 0.265 e. The topological polar surface area (TPSA) is 89.3 Å². The van der Waals surface area contributed by atoms with Crippen LogP contribution in [0.5, 0.6) is 0 Å². The van der Waals surface area contributed by atoms with Crippen LogP contribution in [0.3, 0.4) is 0 Å². The monoisotopic (exact) mass is 310 g/mol. The van der Waals surface area contributed by atoms with Gasteiger partial charge >= 0.3 is 0 Å². The predicted molar refractivity (Wildman–Crippen MR) is 83.7 cm³/mol. The average Bonchev–Trinajstić information content (AvgIpc) is 3.10. The fraction of sp³-hybridized carbons (Fsp3) is 0.714. The number of hydrogen-bond donors (Lipinski definition) is 3. The number of nitrogens with one attached hydrogen (secondary N) is 2. The van der Waals surface area contributed by atoms with Crippen molar-refractivity contribution >= 4 is 28.2 Å². The lowest BCUT2D eigenvalue weighted by molar-refractivity contribution is -0.0615. The Hall–Kier alpha value is -1.34. The van der Waals surface area contributed by atoms with Gasteiger partial charge in [-0.25, -0.2) is 4.98 Å². The van der Waals surface area contributed by atoms with Gasteiger partial charge in [-0.1, -0.05) is 11.3 Å². The van der Waals surface area contributed by atoms with E-state index in [1.807, 2.05) is 13.8 Å². The Bertz CT molecular complexity index is 539. The van der Waals surface area contributed by atoms with Crippen molar-refractivity contribution in [2.45, 2.75) is 57.2 Å². The molecule has 1 aliphatic carbocycles. The molecular weight excluding hydrogens is 288 g/mol. The Morgan fingerprint density at radius 3 is 2.81 bits per heavy atom. The Morgan fingerprint density at radius 2 is 2.14 bits per heavy atom. The van der Waals surface area contributed by atoms with E-state index >= 15 is 0 Å². The molecule has 1 aromatic rings. The number of nitrogens with two attached hydrogens (primary N) is 1. The molecule has 0 aromatic carbocycles. The highest BCUT2D eigenvalue weighted by molar-refractivity contribution is 7.18. The van der Waals surface area contributed by atoms with Crippen LogP contribution in [-0.4, -0.2) is 35.2 Å². The minimum Gasteiger partial charge on any atom is -0.382 e. The summed E-state index contributed by atoms with van der Waals surface area (Å²) in [6.07, 6.45) is 3.97. The van der Waals surface area contributed by atoms with Gasteiger partial charge in [0.1, 0.15) is 10.7 Å². The number of hydrogen-bond acceptors (Lipinski definition) is 6. The molecular formula is C14H22N4O2S. The summed E-state index contributed by atoms with van der Waals surface area (Å²) in [6.45, 7) is 4.76. The first-order valence-corrected chi connectivity index (χ1v) is 8.22. The Balaban J connectivity index is 1.63. The van der Waals surface area contributed by atoms with E-state index in [9.17, 15) is 4.79 Å². The van der Waals surface area contributed by atoms with Crippen LogP contribution in [0.1, 0.15) is 49.2 Å². The van der Waals surface area contributed by atoms with Gasteiger partial charge in [0.15, 0.2) is 5.13 Å². The van der Waals surface area contributed by atoms with Gasteiger partial charge in [0, 0.05) is 18.7 Å². The van der Waals surface area contributed by atoms with Gasteiger partial charge in [0.2, 0.25) is 0 Å². The number of ether oxygens (including phenoxy) is 1. The molecule has 1 saturated heterocycles. The molecule has 6 nitrogen and oxygen atoms in total. The molecule has 7 heteroatoms. The van der Waals surface area contributed by atoms with E-state index in [0.717, 1.165) is 30.8 Å². The average molecular weight is 310 g/mol. The molecule has 2 heterocycles. The summed E-state index contributed by atoms with van der Waals surface area (Å²) in [6, 6.07) is 0.630. The quantitative estimate of drug-likeness (QED) is 0.791. The van der Waals surface area contributed by atoms with Gasteiger partial charge < -0.3 is 21.1 Å². The van der Waals surface area contributed by atoms with Crippen molar-refractivity contribution < 1.29 is 9.53 Å². The number of nitrogens with zero attached hydrogens (tertiary/aromatic N) is 1. The first kappa shape index (κ1) is 14.6. The number of carbonyl (C=O) groups excluding carboxylic acids is 1. The summed E-state index contributed by atoms with van der Waals surface area (Å²) in [5, 5.41) is 7.08. The summed E-state index contributed by atoms with van der Waals surface area (Å²) in [5.74, 6) is 0.184. The van der Waals surface area contributed by atoms with Crippen LogP contribution in [0.15, 0.2) is 0 Å². The van der Waals surface area contributed by atoms with Crippen LogP contribution < -0.4 is 16.4 Å². The predicted octanol–water partition coefficient (Wildman–Crippen LogP) is 1.99. The van der Waals surface area contributed by atoms with Crippen molar-refractivity contribution in [1.29, 1.82) is 0 Å². The molecule has 3 rings (SSSR count). The first-order chi connectivity index (χ1) is 9.93. The number of amides is 1. The summed E-state index contributed by atoms with van der Waals surface area (Å²) >= 11 is 1.33. The molecule has 2 aliphatic rings. The lowest BCUT2D eigenvalue weighted by Crippen LogP contribution is -2.45. The van der Waals surface area contributed by atoms with E-state index in [1.54, 1.807) is 0 Å². The zero-order valence-corrected chi connectivity index (χ0v) is 13.3. The van der Waals surface area contributed by atoms with Crippen LogP contribution in [-0.2, 0) is 4.74 Å². The zero-order chi connectivity index (χ0) is 15.0. The minimum absolute atomic E-state index is 0.127. The molecule has 0 bridgehead atoms. The number of aromatic nitrogens is 1. The van der Waals surface area contributed by atoms with Gasteiger partial charge in [-0.2, -0.15) is 0 Å². The Kier molecular flexibility index (Phi) is 3.79. The highest BCUT2D eigenvalue weighted by atomic mass is 32.1. The number of carbonyl (C=O) groups is 1. The molecule has 0 radical (unpaired) electrons. The van der Waals surface area contributed by atoms with Crippen molar-refractivity contribution in [3.63, 3.8) is 0 Å². The molecule has 0 spiro atoms. The van der Waals surface area contributed by atoms with Crippen LogP contribution in [0.4, 0.5) is 10.9 Å². The van der Waals surface area contributed by atoms with Crippen LogP contribution in [0.25, 0.3) is 0 Å². The Morgan fingerprint density at radius 1 is 1.38 bits per heavy atom. The van der Waals surface area contributed by atoms with Crippen molar-refractivity contribution in [2.75, 3.05) is 17.7 Å². The standard InChI is InChI=1S/C14H22N4O2S/c1-14(2)7-9(5-6-20-14)16-12(19)10-11(15)18-13(21-10)17-8-3-4-8/h8-9H,3-7,15H2,1-2H3,(H,16,19)(H,17,18). The molecule has 21 heavy (non-hydrogen) atoms. The van der Waals surface area contributed by atoms with Crippen LogP contribution in [0, 0.1) is 0 Å². The molecule has 1 aliphatic heterocycles. The number of nitrogen functional groups attached to an aromatic ring is 1. The third-order valence-electron chi connectivity index (χ3n) is 3.80. The minimum atomic E-state index is -0.186. The second-order valence-corrected chi connectivity index (χ2v) is 7.42. The highest BCUT2D eigenvalue weighted by Crippen LogP contribution is 2.31. The smallest absolute Gasteiger partial charge is 0.265 e. The summed E-state index contributed by atoms with van der Waals surface area (Å²) < 4.78 is 5.67. The molecule has 1 atom stereocenters. The maximum atomic E-state index is 12.4. The molecule has 116 valence electrons. The number of rotatable bonds is 4. The largest absolute Gasteiger partial charge is 0.382 e. The fourth-order valence-corrected chi connectivity index (χ4v) is 3.43. The van der Waals surface area contributed by atoms with E-state index in [4.69, 9.17) is 10.5 Å². The molecule has 1 amide bonds. The van der Waals surface area contributed by atoms with Gasteiger partial charge in [-0.05, 0) is 39.5 Å². The summed E-state index contributed by atoms with van der Waals surface area (Å²) in [5.41, 5.74) is 5.68. The van der Waals surface area contributed by atoms with Gasteiger partial charge in [0.25, 0.3) is 5.91 Å². The summed E-state index contributed by atoms with van der Waals surface area (Å²) in [4.78, 5) is 17.1. The second-order valence-electron chi connectivity index (χ2n) is 6.42. The number of thiazole rings is 1. The van der Waals surface area contributed by atoms with Crippen molar-refractivity contribution in [3.05, 3.63) is 4.88 Å². The zero-order valence-electron chi connectivity index (χ0n) is 12.4. The van der Waals surface area contributed by atoms with Crippen LogP contribution in [0.2, 0.25) is 0 Å². The Labute approximate surface area is 128 Å². The fourth-order valence-electron chi connectivity index (χ4n) is 2.56. The van der Waals surface area contributed by atoms with E-state index in [0.29, 0.717) is 23.3 Å². The number of anilines is 2. The van der Waals surface area contributed by atoms with E-state index < -0.39 is 0 Å². The molecule has 1 aromatic heterocycles. The summed E-state index contributed by atoms with van der Waals surface area (Å²) in [7, 11) is 0. The lowest BCUT2D eigenvalue weighted by Gasteiger charge is -2.35. The SMILES string of the molecule is CC1(C)CC(NC(=O)c2sc(NC3CC3)nc2N)CCO1. The van der Waals surface area contributed by atoms with E-state index in [2.05, 4.69) is 15.6 Å². The third-order valence-corrected chi connectivity index (χ3v) is 4.80. The maximum absolute atomic E-state index is 12.4. The van der Waals surface area contributed by atoms with Crippen molar-refractivity contribution in [1.82, 2.24) is 10.3 Å². The van der Waals surface area contributed by atoms with E-state index in [-0.39, 0.29) is 17.6 Å². The lowest BCUT2D eigenvalue weighted by atomic mass is 9.94. The molecule has 4 N–H and O–H groups in total. The van der Waals surface area contributed by atoms with Crippen LogP contribution >= 0.6 is 11.3 Å². The second kappa shape index (κ2) is 5.46. The van der Waals surface area contributed by atoms with E-state index in [1.165, 1.54) is 11.3 Å². The third kappa shape index (κ3) is 3.65.